The van der Waals surface area contributed by atoms with Crippen molar-refractivity contribution in [1.82, 2.24) is 5.32 Å². The maximum Gasteiger partial charge on any atom is 0.269 e. The number of nitrogens with zero attached hydrogens (tertiary/aromatic N) is 1. The number of non-ortho nitro benzene ring substituents is 1. The summed E-state index contributed by atoms with van der Waals surface area (Å²) < 4.78 is 0. The van der Waals surface area contributed by atoms with E-state index in [0.717, 1.165) is 0 Å². The van der Waals surface area contributed by atoms with Crippen LogP contribution in [0.4, 0.5) is 11.4 Å². The number of benzene rings is 2. The van der Waals surface area contributed by atoms with Gasteiger partial charge in [0.05, 0.1) is 16.2 Å². The van der Waals surface area contributed by atoms with E-state index in [0.29, 0.717) is 23.4 Å². The van der Waals surface area contributed by atoms with Gasteiger partial charge in [-0.3, -0.25) is 19.7 Å². The number of carbonyl (C=O) groups excluding carboxylic acids is 2. The largest absolute Gasteiger partial charge is 0.352 e. The summed E-state index contributed by atoms with van der Waals surface area (Å²) in [5, 5.41) is 15.9. The number of amides is 2. The van der Waals surface area contributed by atoms with Gasteiger partial charge in [-0.05, 0) is 42.8 Å². The Kier molecular flexibility index (Phi) is 6.00. The summed E-state index contributed by atoms with van der Waals surface area (Å²) in [6, 6.07) is 12.5. The molecular formula is C18H17N3O4. The van der Waals surface area contributed by atoms with Crippen LogP contribution in [0.15, 0.2) is 54.6 Å². The number of anilines is 1. The lowest BCUT2D eigenvalue weighted by Crippen LogP contribution is -2.24. The molecule has 0 spiro atoms. The summed E-state index contributed by atoms with van der Waals surface area (Å²) in [4.78, 5) is 34.2. The molecule has 0 aromatic heterocycles. The molecular weight excluding hydrogens is 322 g/mol. The molecule has 2 aromatic rings. The van der Waals surface area contributed by atoms with Crippen LogP contribution in [0.5, 0.6) is 0 Å². The number of hydrogen-bond donors (Lipinski definition) is 2. The number of nitro groups is 1. The fraction of sp³-hybridized carbons (Fsp3) is 0.111. The fourth-order valence-corrected chi connectivity index (χ4v) is 2.10. The third-order valence-corrected chi connectivity index (χ3v) is 3.30. The van der Waals surface area contributed by atoms with Gasteiger partial charge in [-0.15, -0.1) is 0 Å². The minimum Gasteiger partial charge on any atom is -0.352 e. The molecule has 0 fully saturated rings. The molecule has 0 saturated heterocycles. The number of hydrogen-bond acceptors (Lipinski definition) is 4. The monoisotopic (exact) mass is 339 g/mol. The summed E-state index contributed by atoms with van der Waals surface area (Å²) in [7, 11) is 0. The van der Waals surface area contributed by atoms with Gasteiger partial charge in [0.2, 0.25) is 5.91 Å². The molecule has 2 amide bonds. The van der Waals surface area contributed by atoms with Crippen molar-refractivity contribution in [2.45, 2.75) is 6.92 Å². The second-order valence-electron chi connectivity index (χ2n) is 5.08. The third kappa shape index (κ3) is 5.00. The van der Waals surface area contributed by atoms with Crippen molar-refractivity contribution in [2.24, 2.45) is 0 Å². The highest BCUT2D eigenvalue weighted by molar-refractivity contribution is 6.07. The molecule has 0 saturated carbocycles. The van der Waals surface area contributed by atoms with Crippen LogP contribution in [-0.2, 0) is 4.79 Å². The molecule has 0 aliphatic heterocycles. The van der Waals surface area contributed by atoms with E-state index in [1.54, 1.807) is 36.4 Å². The molecule has 0 unspecified atom stereocenters. The van der Waals surface area contributed by atoms with Crippen molar-refractivity contribution in [2.75, 3.05) is 11.9 Å². The molecule has 7 nitrogen and oxygen atoms in total. The minimum absolute atomic E-state index is 0.0162. The number of carbonyl (C=O) groups is 2. The first-order chi connectivity index (χ1) is 12.0. The van der Waals surface area contributed by atoms with Gasteiger partial charge in [0.15, 0.2) is 0 Å². The Balaban J connectivity index is 2.07. The van der Waals surface area contributed by atoms with Crippen LogP contribution in [-0.4, -0.2) is 23.3 Å². The zero-order chi connectivity index (χ0) is 18.2. The van der Waals surface area contributed by atoms with Gasteiger partial charge >= 0.3 is 0 Å². The highest BCUT2D eigenvalue weighted by Crippen LogP contribution is 2.16. The van der Waals surface area contributed by atoms with Gasteiger partial charge in [-0.1, -0.05) is 12.1 Å². The number of nitro benzene ring substituents is 1. The highest BCUT2D eigenvalue weighted by atomic mass is 16.6. The van der Waals surface area contributed by atoms with E-state index in [9.17, 15) is 19.7 Å². The van der Waals surface area contributed by atoms with E-state index in [1.807, 2.05) is 6.92 Å². The Morgan fingerprint density at radius 1 is 1.12 bits per heavy atom. The Hall–Kier alpha value is -3.48. The number of nitrogens with one attached hydrogen (secondary N) is 2. The molecule has 0 radical (unpaired) electrons. The smallest absolute Gasteiger partial charge is 0.269 e. The van der Waals surface area contributed by atoms with Crippen LogP contribution < -0.4 is 10.6 Å². The van der Waals surface area contributed by atoms with Gasteiger partial charge in [0.1, 0.15) is 0 Å². The van der Waals surface area contributed by atoms with Crippen molar-refractivity contribution in [3.05, 3.63) is 75.8 Å². The minimum atomic E-state index is -0.488. The van der Waals surface area contributed by atoms with Crippen molar-refractivity contribution >= 4 is 29.3 Å². The Bertz CT molecular complexity index is 813. The third-order valence-electron chi connectivity index (χ3n) is 3.30. The van der Waals surface area contributed by atoms with Gasteiger partial charge in [-0.2, -0.15) is 0 Å². The SMILES string of the molecule is CCNC(=O)c1ccccc1NC(=O)/C=C/c1ccc([N+](=O)[O-])cc1. The summed E-state index contributed by atoms with van der Waals surface area (Å²) >= 11 is 0. The zero-order valence-electron chi connectivity index (χ0n) is 13.6. The van der Waals surface area contributed by atoms with E-state index < -0.39 is 10.8 Å². The average Bonchev–Trinajstić information content (AvgIpc) is 2.61. The van der Waals surface area contributed by atoms with E-state index in [1.165, 1.54) is 24.3 Å². The number of rotatable bonds is 6. The molecule has 0 atom stereocenters. The van der Waals surface area contributed by atoms with Gasteiger partial charge in [0.25, 0.3) is 11.6 Å². The standard InChI is InChI=1S/C18H17N3O4/c1-2-19-18(23)15-5-3-4-6-16(15)20-17(22)12-9-13-7-10-14(11-8-13)21(24)25/h3-12H,2H2,1H3,(H,19,23)(H,20,22)/b12-9+. The maximum absolute atomic E-state index is 12.1. The first kappa shape index (κ1) is 17.9. The lowest BCUT2D eigenvalue weighted by atomic mass is 10.1. The molecule has 0 bridgehead atoms. The Morgan fingerprint density at radius 3 is 2.44 bits per heavy atom. The van der Waals surface area contributed by atoms with Gasteiger partial charge < -0.3 is 10.6 Å². The predicted octanol–water partition coefficient (Wildman–Crippen LogP) is 3.00. The van der Waals surface area contributed by atoms with Crippen LogP contribution in [0.25, 0.3) is 6.08 Å². The molecule has 0 aliphatic carbocycles. The van der Waals surface area contributed by atoms with Crippen molar-refractivity contribution in [3.8, 4) is 0 Å². The van der Waals surface area contributed by atoms with Gasteiger partial charge in [-0.25, -0.2) is 0 Å². The van der Waals surface area contributed by atoms with E-state index >= 15 is 0 Å². The quantitative estimate of drug-likeness (QED) is 0.480. The normalized spacial score (nSPS) is 10.4. The number of para-hydroxylation sites is 1. The highest BCUT2D eigenvalue weighted by Gasteiger charge is 2.11. The molecule has 2 aromatic carbocycles. The van der Waals surface area contributed by atoms with E-state index in [4.69, 9.17) is 0 Å². The van der Waals surface area contributed by atoms with Crippen LogP contribution in [0.3, 0.4) is 0 Å². The Labute approximate surface area is 144 Å². The van der Waals surface area contributed by atoms with Crippen LogP contribution in [0.2, 0.25) is 0 Å². The lowest BCUT2D eigenvalue weighted by Gasteiger charge is -2.09. The second kappa shape index (κ2) is 8.39. The maximum atomic E-state index is 12.1. The lowest BCUT2D eigenvalue weighted by molar-refractivity contribution is -0.384. The second-order valence-corrected chi connectivity index (χ2v) is 5.08. The molecule has 2 rings (SSSR count). The van der Waals surface area contributed by atoms with E-state index in [2.05, 4.69) is 10.6 Å². The summed E-state index contributed by atoms with van der Waals surface area (Å²) in [5.74, 6) is -0.673. The summed E-state index contributed by atoms with van der Waals surface area (Å²) in [6.07, 6.45) is 2.84. The van der Waals surface area contributed by atoms with Crippen LogP contribution >= 0.6 is 0 Å². The molecule has 0 aliphatic rings. The first-order valence-corrected chi connectivity index (χ1v) is 7.62. The average molecular weight is 339 g/mol. The van der Waals surface area contributed by atoms with Crippen molar-refractivity contribution in [3.63, 3.8) is 0 Å². The topological polar surface area (TPSA) is 101 Å². The molecule has 0 heterocycles. The predicted molar refractivity (Wildman–Crippen MR) is 95.2 cm³/mol. The van der Waals surface area contributed by atoms with Crippen LogP contribution in [0, 0.1) is 10.1 Å². The Morgan fingerprint density at radius 2 is 1.80 bits per heavy atom. The molecule has 128 valence electrons. The van der Waals surface area contributed by atoms with Crippen molar-refractivity contribution in [1.29, 1.82) is 0 Å². The first-order valence-electron chi connectivity index (χ1n) is 7.62. The van der Waals surface area contributed by atoms with E-state index in [-0.39, 0.29) is 11.6 Å². The van der Waals surface area contributed by atoms with Crippen LogP contribution in [0.1, 0.15) is 22.8 Å². The van der Waals surface area contributed by atoms with Crippen molar-refractivity contribution < 1.29 is 14.5 Å². The fourth-order valence-electron chi connectivity index (χ4n) is 2.10. The molecule has 7 heteroatoms. The zero-order valence-corrected chi connectivity index (χ0v) is 13.6. The molecule has 2 N–H and O–H groups in total. The molecule has 25 heavy (non-hydrogen) atoms. The summed E-state index contributed by atoms with van der Waals surface area (Å²) in [6.45, 7) is 2.30. The van der Waals surface area contributed by atoms with Gasteiger partial charge in [0, 0.05) is 24.8 Å². The summed E-state index contributed by atoms with van der Waals surface area (Å²) in [5.41, 5.74) is 1.42.